The number of aliphatic imine (C=N–C) groups is 1. The van der Waals surface area contributed by atoms with Gasteiger partial charge in [0, 0.05) is 44.2 Å². The summed E-state index contributed by atoms with van der Waals surface area (Å²) < 4.78 is 5.10. The molecule has 0 atom stereocenters. The molecule has 35 heavy (non-hydrogen) atoms. The SMILES string of the molecule is C=N/C(CNC)=N\OCC(=O)N1CCN(CCN2CCCC2)CC1.COc1cc(C)c(S)c(C)c1. The molecule has 0 radical (unpaired) electrons. The molecule has 9 nitrogen and oxygen atoms in total. The molecule has 196 valence electrons. The van der Waals surface area contributed by atoms with Gasteiger partial charge in [-0.1, -0.05) is 5.16 Å². The average molecular weight is 507 g/mol. The number of likely N-dealkylation sites (tertiary alicyclic amines) is 1. The third kappa shape index (κ3) is 10.2. The molecule has 1 amide bonds. The number of methoxy groups -OCH3 is 1. The highest BCUT2D eigenvalue weighted by Crippen LogP contribution is 2.23. The minimum Gasteiger partial charge on any atom is -0.497 e. The Bertz CT molecular complexity index is 813. The number of oxime groups is 1. The number of nitrogens with one attached hydrogen (secondary N) is 1. The van der Waals surface area contributed by atoms with Gasteiger partial charge in [0.15, 0.2) is 12.4 Å². The lowest BCUT2D eigenvalue weighted by Crippen LogP contribution is -2.50. The number of aryl methyl sites for hydroxylation is 2. The van der Waals surface area contributed by atoms with Gasteiger partial charge in [0.2, 0.25) is 0 Å². The van der Waals surface area contributed by atoms with Crippen molar-refractivity contribution in [2.24, 2.45) is 10.1 Å². The molecule has 1 aromatic rings. The van der Waals surface area contributed by atoms with Gasteiger partial charge in [-0.15, -0.1) is 12.6 Å². The van der Waals surface area contributed by atoms with E-state index in [1.54, 1.807) is 14.2 Å². The number of amides is 1. The number of ether oxygens (including phenoxy) is 1. The van der Waals surface area contributed by atoms with Gasteiger partial charge in [0.1, 0.15) is 5.75 Å². The summed E-state index contributed by atoms with van der Waals surface area (Å²) in [6, 6.07) is 3.96. The van der Waals surface area contributed by atoms with Crippen molar-refractivity contribution in [3.8, 4) is 5.75 Å². The summed E-state index contributed by atoms with van der Waals surface area (Å²) in [6.07, 6.45) is 2.67. The van der Waals surface area contributed by atoms with Gasteiger partial charge in [-0.3, -0.25) is 9.69 Å². The molecular formula is C25H42N6O3S. The number of rotatable bonds is 9. The number of carbonyl (C=O) groups is 1. The number of hydrogen-bond acceptors (Lipinski definition) is 8. The van der Waals surface area contributed by atoms with E-state index in [0.717, 1.165) is 61.0 Å². The average Bonchev–Trinajstić information content (AvgIpc) is 3.39. The first-order valence-corrected chi connectivity index (χ1v) is 12.7. The van der Waals surface area contributed by atoms with Crippen LogP contribution in [0.4, 0.5) is 0 Å². The molecule has 2 saturated heterocycles. The molecule has 3 rings (SSSR count). The van der Waals surface area contributed by atoms with Crippen LogP contribution in [0.1, 0.15) is 24.0 Å². The van der Waals surface area contributed by atoms with Crippen molar-refractivity contribution in [3.05, 3.63) is 23.3 Å². The first-order chi connectivity index (χ1) is 16.9. The van der Waals surface area contributed by atoms with Gasteiger partial charge in [0.25, 0.3) is 5.91 Å². The maximum Gasteiger partial charge on any atom is 0.263 e. The smallest absolute Gasteiger partial charge is 0.263 e. The molecule has 2 aliphatic heterocycles. The Morgan fingerprint density at radius 1 is 1.06 bits per heavy atom. The van der Waals surface area contributed by atoms with Gasteiger partial charge in [-0.25, -0.2) is 4.99 Å². The van der Waals surface area contributed by atoms with Crippen molar-refractivity contribution in [1.82, 2.24) is 20.0 Å². The van der Waals surface area contributed by atoms with Gasteiger partial charge in [0.05, 0.1) is 13.7 Å². The number of thiol groups is 1. The van der Waals surface area contributed by atoms with E-state index in [4.69, 9.17) is 9.57 Å². The molecule has 0 aliphatic carbocycles. The minimum absolute atomic E-state index is 0.0224. The predicted molar refractivity (Wildman–Crippen MR) is 145 cm³/mol. The number of likely N-dealkylation sites (N-methyl/N-ethyl adjacent to an activating group) is 1. The van der Waals surface area contributed by atoms with Crippen LogP contribution >= 0.6 is 12.6 Å². The van der Waals surface area contributed by atoms with Crippen LogP contribution in [0.3, 0.4) is 0 Å². The zero-order valence-electron chi connectivity index (χ0n) is 21.8. The fourth-order valence-electron chi connectivity index (χ4n) is 4.07. The van der Waals surface area contributed by atoms with Crippen molar-refractivity contribution >= 4 is 31.1 Å². The van der Waals surface area contributed by atoms with Crippen LogP contribution in [-0.4, -0.2) is 113 Å². The quantitative estimate of drug-likeness (QED) is 0.231. The molecule has 2 aliphatic rings. The summed E-state index contributed by atoms with van der Waals surface area (Å²) in [7, 11) is 3.46. The predicted octanol–water partition coefficient (Wildman–Crippen LogP) is 2.08. The van der Waals surface area contributed by atoms with Crippen LogP contribution < -0.4 is 10.1 Å². The number of hydrogen-bond donors (Lipinski definition) is 2. The number of benzene rings is 1. The van der Waals surface area contributed by atoms with E-state index in [1.165, 1.54) is 25.9 Å². The maximum absolute atomic E-state index is 12.1. The van der Waals surface area contributed by atoms with E-state index >= 15 is 0 Å². The second-order valence-corrected chi connectivity index (χ2v) is 9.30. The van der Waals surface area contributed by atoms with Crippen LogP contribution in [0.15, 0.2) is 27.2 Å². The molecule has 10 heteroatoms. The van der Waals surface area contributed by atoms with Crippen LogP contribution in [0, 0.1) is 13.8 Å². The van der Waals surface area contributed by atoms with Crippen LogP contribution in [0.2, 0.25) is 0 Å². The van der Waals surface area contributed by atoms with Crippen molar-refractivity contribution in [1.29, 1.82) is 0 Å². The summed E-state index contributed by atoms with van der Waals surface area (Å²) in [5.74, 6) is 1.32. The molecule has 1 aromatic carbocycles. The largest absolute Gasteiger partial charge is 0.497 e. The topological polar surface area (TPSA) is 82.0 Å². The van der Waals surface area contributed by atoms with Crippen LogP contribution in [-0.2, 0) is 9.63 Å². The Kier molecular flexibility index (Phi) is 13.1. The minimum atomic E-state index is -0.0451. The fraction of sp³-hybridized carbons (Fsp3) is 0.640. The maximum atomic E-state index is 12.1. The molecule has 2 heterocycles. The lowest BCUT2D eigenvalue weighted by Gasteiger charge is -2.35. The van der Waals surface area contributed by atoms with E-state index < -0.39 is 0 Å². The Labute approximate surface area is 215 Å². The van der Waals surface area contributed by atoms with E-state index in [0.29, 0.717) is 12.4 Å². The first kappa shape index (κ1) is 29.1. The van der Waals surface area contributed by atoms with Crippen molar-refractivity contribution in [2.45, 2.75) is 31.6 Å². The molecule has 0 saturated carbocycles. The number of nitrogens with zero attached hydrogens (tertiary/aromatic N) is 5. The normalized spacial score (nSPS) is 17.1. The molecule has 0 unspecified atom stereocenters. The van der Waals surface area contributed by atoms with E-state index in [2.05, 4.69) is 44.6 Å². The highest BCUT2D eigenvalue weighted by molar-refractivity contribution is 7.80. The zero-order valence-corrected chi connectivity index (χ0v) is 22.6. The number of carbonyl (C=O) groups excluding carboxylic acids is 1. The molecule has 0 aromatic heterocycles. The van der Waals surface area contributed by atoms with Crippen molar-refractivity contribution < 1.29 is 14.4 Å². The lowest BCUT2D eigenvalue weighted by atomic mass is 10.1. The molecule has 0 spiro atoms. The van der Waals surface area contributed by atoms with E-state index in [9.17, 15) is 4.79 Å². The Balaban J connectivity index is 0.000000328. The lowest BCUT2D eigenvalue weighted by molar-refractivity contribution is -0.137. The van der Waals surface area contributed by atoms with Gasteiger partial charge < -0.3 is 24.7 Å². The fourth-order valence-corrected chi connectivity index (χ4v) is 4.20. The number of piperazine rings is 1. The highest BCUT2D eigenvalue weighted by Gasteiger charge is 2.22. The number of amidine groups is 1. The standard InChI is InChI=1S/C16H30N6O2.C9H12OS/c1-17-13-15(18-2)19-24-14-16(23)22-11-9-21(10-12-22)8-7-20-5-3-4-6-20;1-6-4-8(10-3)5-7(2)9(6)11/h17H,2-14H2,1H3;4-5,11H,1-3H3/b19-15-;. The Hall–Kier alpha value is -2.14. The third-order valence-electron chi connectivity index (χ3n) is 6.23. The van der Waals surface area contributed by atoms with Gasteiger partial charge in [-0.05, 0) is 76.8 Å². The summed E-state index contributed by atoms with van der Waals surface area (Å²) in [5.41, 5.74) is 2.32. The zero-order chi connectivity index (χ0) is 25.6. The Morgan fingerprint density at radius 3 is 2.14 bits per heavy atom. The summed E-state index contributed by atoms with van der Waals surface area (Å²) in [5, 5.41) is 6.73. The second kappa shape index (κ2) is 15.8. The molecular weight excluding hydrogens is 464 g/mol. The second-order valence-electron chi connectivity index (χ2n) is 8.85. The van der Waals surface area contributed by atoms with E-state index in [1.807, 2.05) is 30.9 Å². The first-order valence-electron chi connectivity index (χ1n) is 12.2. The van der Waals surface area contributed by atoms with Crippen molar-refractivity contribution in [2.75, 3.05) is 79.7 Å². The third-order valence-corrected chi connectivity index (χ3v) is 6.94. The van der Waals surface area contributed by atoms with Gasteiger partial charge >= 0.3 is 0 Å². The molecule has 0 bridgehead atoms. The Morgan fingerprint density at radius 2 is 1.63 bits per heavy atom. The monoisotopic (exact) mass is 506 g/mol. The summed E-state index contributed by atoms with van der Waals surface area (Å²) >= 11 is 4.34. The van der Waals surface area contributed by atoms with E-state index in [-0.39, 0.29) is 12.5 Å². The van der Waals surface area contributed by atoms with Crippen LogP contribution in [0.5, 0.6) is 5.75 Å². The molecule has 2 fully saturated rings. The highest BCUT2D eigenvalue weighted by atomic mass is 32.1. The van der Waals surface area contributed by atoms with Crippen molar-refractivity contribution in [3.63, 3.8) is 0 Å². The molecule has 1 N–H and O–H groups in total. The summed E-state index contributed by atoms with van der Waals surface area (Å²) in [4.78, 5) is 28.8. The van der Waals surface area contributed by atoms with Crippen LogP contribution in [0.25, 0.3) is 0 Å². The van der Waals surface area contributed by atoms with Gasteiger partial charge in [-0.2, -0.15) is 0 Å². The summed E-state index contributed by atoms with van der Waals surface area (Å²) in [6.45, 7) is 16.0.